The molecule has 2 amide bonds. The second-order valence-corrected chi connectivity index (χ2v) is 3.90. The number of nitrogens with one attached hydrogen (secondary N) is 2. The van der Waals surface area contributed by atoms with Gasteiger partial charge in [0.25, 0.3) is 0 Å². The van der Waals surface area contributed by atoms with Gasteiger partial charge in [-0.15, -0.1) is 0 Å². The van der Waals surface area contributed by atoms with Crippen LogP contribution in [0.25, 0.3) is 0 Å². The Morgan fingerprint density at radius 3 is 2.53 bits per heavy atom. The Morgan fingerprint density at radius 1 is 1.35 bits per heavy atom. The highest BCUT2D eigenvalue weighted by Crippen LogP contribution is 1.87. The van der Waals surface area contributed by atoms with E-state index in [1.54, 1.807) is 0 Å². The van der Waals surface area contributed by atoms with Crippen molar-refractivity contribution in [3.63, 3.8) is 0 Å². The molecule has 7 nitrogen and oxygen atoms in total. The van der Waals surface area contributed by atoms with Crippen molar-refractivity contribution in [3.05, 3.63) is 0 Å². The molecule has 100 valence electrons. The number of urea groups is 1. The molecule has 0 fully saturated rings. The summed E-state index contributed by atoms with van der Waals surface area (Å²) >= 11 is 0. The summed E-state index contributed by atoms with van der Waals surface area (Å²) in [5.41, 5.74) is 0. The highest BCUT2D eigenvalue weighted by molar-refractivity contribution is 5.73. The number of ether oxygens (including phenoxy) is 1. The van der Waals surface area contributed by atoms with Gasteiger partial charge >= 0.3 is 12.0 Å². The van der Waals surface area contributed by atoms with Gasteiger partial charge in [0.15, 0.2) is 0 Å². The summed E-state index contributed by atoms with van der Waals surface area (Å²) in [7, 11) is 3.87. The van der Waals surface area contributed by atoms with Crippen molar-refractivity contribution >= 4 is 12.0 Å². The zero-order valence-corrected chi connectivity index (χ0v) is 10.5. The van der Waals surface area contributed by atoms with Gasteiger partial charge in [0, 0.05) is 19.1 Å². The van der Waals surface area contributed by atoms with Crippen molar-refractivity contribution in [2.45, 2.75) is 13.0 Å². The number of hydrogen-bond acceptors (Lipinski definition) is 4. The molecular formula is C10H21N3O4. The number of hydrogen-bond donors (Lipinski definition) is 3. The SMILES string of the molecule is CC(CNC(=O)NCCOCC(=O)O)N(C)C. The largest absolute Gasteiger partial charge is 0.480 e. The van der Waals surface area contributed by atoms with Crippen molar-refractivity contribution in [1.82, 2.24) is 15.5 Å². The molecule has 0 radical (unpaired) electrons. The lowest BCUT2D eigenvalue weighted by Crippen LogP contribution is -2.43. The van der Waals surface area contributed by atoms with Crippen LogP contribution in [-0.4, -0.2) is 68.4 Å². The fraction of sp³-hybridized carbons (Fsp3) is 0.800. The van der Waals surface area contributed by atoms with E-state index in [1.165, 1.54) is 0 Å². The first-order valence-electron chi connectivity index (χ1n) is 5.41. The molecule has 0 saturated carbocycles. The molecule has 0 spiro atoms. The summed E-state index contributed by atoms with van der Waals surface area (Å²) in [6.07, 6.45) is 0. The molecule has 0 bridgehead atoms. The van der Waals surface area contributed by atoms with Crippen LogP contribution in [-0.2, 0) is 9.53 Å². The summed E-state index contributed by atoms with van der Waals surface area (Å²) in [5.74, 6) is -1.02. The van der Waals surface area contributed by atoms with Gasteiger partial charge < -0.3 is 25.4 Å². The van der Waals surface area contributed by atoms with Crippen LogP contribution in [0.5, 0.6) is 0 Å². The number of likely N-dealkylation sites (N-methyl/N-ethyl adjacent to an activating group) is 1. The Balaban J connectivity index is 3.44. The van der Waals surface area contributed by atoms with Gasteiger partial charge in [0.1, 0.15) is 6.61 Å². The third kappa shape index (κ3) is 9.58. The van der Waals surface area contributed by atoms with Crippen LogP contribution in [0, 0.1) is 0 Å². The molecule has 0 heterocycles. The van der Waals surface area contributed by atoms with Gasteiger partial charge in [-0.3, -0.25) is 0 Å². The average molecular weight is 247 g/mol. The van der Waals surface area contributed by atoms with Crippen LogP contribution < -0.4 is 10.6 Å². The van der Waals surface area contributed by atoms with Crippen LogP contribution in [0.4, 0.5) is 4.79 Å². The summed E-state index contributed by atoms with van der Waals surface area (Å²) in [5, 5.41) is 13.6. The number of amides is 2. The van der Waals surface area contributed by atoms with Gasteiger partial charge in [-0.2, -0.15) is 0 Å². The lowest BCUT2D eigenvalue weighted by Gasteiger charge is -2.20. The van der Waals surface area contributed by atoms with E-state index in [9.17, 15) is 9.59 Å². The van der Waals surface area contributed by atoms with Gasteiger partial charge in [0.2, 0.25) is 0 Å². The maximum atomic E-state index is 11.3. The molecule has 0 rings (SSSR count). The van der Waals surface area contributed by atoms with E-state index in [0.717, 1.165) is 0 Å². The van der Waals surface area contributed by atoms with Gasteiger partial charge in [0.05, 0.1) is 6.61 Å². The van der Waals surface area contributed by atoms with Gasteiger partial charge in [-0.05, 0) is 21.0 Å². The van der Waals surface area contributed by atoms with Crippen molar-refractivity contribution in [2.75, 3.05) is 40.4 Å². The summed E-state index contributed by atoms with van der Waals surface area (Å²) in [6, 6.07) is -0.0263. The molecule has 0 aromatic carbocycles. The lowest BCUT2D eigenvalue weighted by atomic mass is 10.3. The van der Waals surface area contributed by atoms with Gasteiger partial charge in [-0.1, -0.05) is 0 Å². The molecule has 0 saturated heterocycles. The van der Waals surface area contributed by atoms with E-state index in [-0.39, 0.29) is 31.8 Å². The van der Waals surface area contributed by atoms with Crippen LogP contribution >= 0.6 is 0 Å². The van der Waals surface area contributed by atoms with Crippen molar-refractivity contribution < 1.29 is 19.4 Å². The van der Waals surface area contributed by atoms with Crippen molar-refractivity contribution in [3.8, 4) is 0 Å². The molecular weight excluding hydrogens is 226 g/mol. The van der Waals surface area contributed by atoms with Crippen molar-refractivity contribution in [1.29, 1.82) is 0 Å². The summed E-state index contributed by atoms with van der Waals surface area (Å²) in [4.78, 5) is 23.4. The Morgan fingerprint density at radius 2 is 2.00 bits per heavy atom. The third-order valence-corrected chi connectivity index (χ3v) is 2.20. The lowest BCUT2D eigenvalue weighted by molar-refractivity contribution is -0.142. The minimum Gasteiger partial charge on any atom is -0.480 e. The molecule has 7 heteroatoms. The Labute approximate surface area is 101 Å². The zero-order chi connectivity index (χ0) is 13.3. The Hall–Kier alpha value is -1.34. The van der Waals surface area contributed by atoms with E-state index >= 15 is 0 Å². The fourth-order valence-corrected chi connectivity index (χ4v) is 0.882. The standard InChI is InChI=1S/C10H21N3O4/c1-8(13(2)3)6-12-10(16)11-4-5-17-7-9(14)15/h8H,4-7H2,1-3H3,(H,14,15)(H2,11,12,16). The minimum absolute atomic E-state index is 0.183. The number of carbonyl (C=O) groups is 2. The number of nitrogens with zero attached hydrogens (tertiary/aromatic N) is 1. The first-order chi connectivity index (χ1) is 7.93. The van der Waals surface area contributed by atoms with E-state index in [0.29, 0.717) is 6.54 Å². The highest BCUT2D eigenvalue weighted by Gasteiger charge is 2.06. The van der Waals surface area contributed by atoms with Crippen LogP contribution in [0.15, 0.2) is 0 Å². The molecule has 3 N–H and O–H groups in total. The molecule has 1 atom stereocenters. The quantitative estimate of drug-likeness (QED) is 0.495. The van der Waals surface area contributed by atoms with E-state index < -0.39 is 5.97 Å². The molecule has 1 unspecified atom stereocenters. The molecule has 0 aliphatic carbocycles. The van der Waals surface area contributed by atoms with Crippen LogP contribution in [0.1, 0.15) is 6.92 Å². The van der Waals surface area contributed by atoms with Crippen LogP contribution in [0.2, 0.25) is 0 Å². The number of carbonyl (C=O) groups excluding carboxylic acids is 1. The second-order valence-electron chi connectivity index (χ2n) is 3.90. The molecule has 0 aromatic rings. The topological polar surface area (TPSA) is 90.9 Å². The number of rotatable bonds is 8. The van der Waals surface area contributed by atoms with Gasteiger partial charge in [-0.25, -0.2) is 9.59 Å². The predicted molar refractivity (Wildman–Crippen MR) is 63.0 cm³/mol. The first-order valence-corrected chi connectivity index (χ1v) is 5.41. The molecule has 17 heavy (non-hydrogen) atoms. The minimum atomic E-state index is -1.02. The zero-order valence-electron chi connectivity index (χ0n) is 10.5. The maximum Gasteiger partial charge on any atom is 0.329 e. The first kappa shape index (κ1) is 15.7. The average Bonchev–Trinajstić information content (AvgIpc) is 2.24. The normalized spacial score (nSPS) is 12.2. The monoisotopic (exact) mass is 247 g/mol. The number of carboxylic acids is 1. The molecule has 0 aromatic heterocycles. The smallest absolute Gasteiger partial charge is 0.329 e. The third-order valence-electron chi connectivity index (χ3n) is 2.20. The van der Waals surface area contributed by atoms with E-state index in [4.69, 9.17) is 9.84 Å². The predicted octanol–water partition coefficient (Wildman–Crippen LogP) is -0.663. The Bertz CT molecular complexity index is 246. The number of carboxylic acid groups (broad SMARTS) is 1. The highest BCUT2D eigenvalue weighted by atomic mass is 16.5. The maximum absolute atomic E-state index is 11.3. The molecule has 0 aliphatic heterocycles. The van der Waals surface area contributed by atoms with Crippen molar-refractivity contribution in [2.24, 2.45) is 0 Å². The number of aliphatic carboxylic acids is 1. The molecule has 0 aliphatic rings. The van der Waals surface area contributed by atoms with E-state index in [1.807, 2.05) is 25.9 Å². The summed E-state index contributed by atoms with van der Waals surface area (Å²) < 4.78 is 4.76. The summed E-state index contributed by atoms with van der Waals surface area (Å²) in [6.45, 7) is 2.67. The van der Waals surface area contributed by atoms with E-state index in [2.05, 4.69) is 10.6 Å². The second kappa shape index (κ2) is 8.77. The Kier molecular flexibility index (Phi) is 8.08. The fourth-order valence-electron chi connectivity index (χ4n) is 0.882. The van der Waals surface area contributed by atoms with Crippen LogP contribution in [0.3, 0.4) is 0 Å².